The Balaban J connectivity index is 1.91. The first-order valence-electron chi connectivity index (χ1n) is 7.25. The van der Waals surface area contributed by atoms with Gasteiger partial charge < -0.3 is 15.2 Å². The number of nitrogens with zero attached hydrogens (tertiary/aromatic N) is 1. The zero-order chi connectivity index (χ0) is 15.5. The van der Waals surface area contributed by atoms with Crippen molar-refractivity contribution in [3.63, 3.8) is 0 Å². The number of nitrogens with one attached hydrogen (secondary N) is 1. The summed E-state index contributed by atoms with van der Waals surface area (Å²) >= 11 is 0. The number of aliphatic hydroxyl groups excluding tert-OH is 1. The summed E-state index contributed by atoms with van der Waals surface area (Å²) in [6.07, 6.45) is -0.235. The average Bonchev–Trinajstić information content (AvgIpc) is 2.39. The Morgan fingerprint density at radius 2 is 2.10 bits per heavy atom. The van der Waals surface area contributed by atoms with Gasteiger partial charge in [0.05, 0.1) is 24.9 Å². The monoisotopic (exact) mass is 292 g/mol. The quantitative estimate of drug-likeness (QED) is 0.881. The number of carbonyl (C=O) groups excluding carboxylic acids is 1. The van der Waals surface area contributed by atoms with Gasteiger partial charge in [-0.15, -0.1) is 0 Å². The maximum absolute atomic E-state index is 12.1. The second-order valence-electron chi connectivity index (χ2n) is 6.27. The van der Waals surface area contributed by atoms with Crippen molar-refractivity contribution >= 4 is 11.6 Å². The van der Waals surface area contributed by atoms with Gasteiger partial charge in [0.15, 0.2) is 0 Å². The molecule has 1 aliphatic rings. The number of aryl methyl sites for hydroxylation is 1. The van der Waals surface area contributed by atoms with E-state index in [2.05, 4.69) is 5.32 Å². The predicted octanol–water partition coefficient (Wildman–Crippen LogP) is 1.41. The van der Waals surface area contributed by atoms with E-state index in [-0.39, 0.29) is 24.2 Å². The van der Waals surface area contributed by atoms with Gasteiger partial charge in [0.2, 0.25) is 5.91 Å². The molecule has 2 rings (SSSR count). The van der Waals surface area contributed by atoms with E-state index in [1.54, 1.807) is 0 Å². The van der Waals surface area contributed by atoms with Crippen LogP contribution in [0.2, 0.25) is 0 Å². The molecule has 1 amide bonds. The lowest BCUT2D eigenvalue weighted by Gasteiger charge is -2.41. The number of hydrogen-bond donors (Lipinski definition) is 2. The number of benzene rings is 1. The SMILES string of the molecule is Cc1ccc(NC(=O)CN2CC(CO)OC(C)(C)C2)cc1. The number of amides is 1. The zero-order valence-corrected chi connectivity index (χ0v) is 12.9. The molecule has 1 fully saturated rings. The van der Waals surface area contributed by atoms with Gasteiger partial charge in [-0.25, -0.2) is 0 Å². The van der Waals surface area contributed by atoms with Crippen LogP contribution in [0.15, 0.2) is 24.3 Å². The van der Waals surface area contributed by atoms with Crippen LogP contribution in [0, 0.1) is 6.92 Å². The summed E-state index contributed by atoms with van der Waals surface area (Å²) in [6, 6.07) is 7.73. The molecule has 1 aliphatic heterocycles. The van der Waals surface area contributed by atoms with Crippen LogP contribution in [0.3, 0.4) is 0 Å². The molecule has 0 spiro atoms. The Bertz CT molecular complexity index is 485. The number of anilines is 1. The van der Waals surface area contributed by atoms with Crippen molar-refractivity contribution in [2.75, 3.05) is 31.6 Å². The normalized spacial score (nSPS) is 22.0. The Labute approximate surface area is 125 Å². The first kappa shape index (κ1) is 15.9. The van der Waals surface area contributed by atoms with Crippen molar-refractivity contribution in [3.05, 3.63) is 29.8 Å². The molecule has 1 unspecified atom stereocenters. The van der Waals surface area contributed by atoms with Gasteiger partial charge in [-0.2, -0.15) is 0 Å². The maximum atomic E-state index is 12.1. The van der Waals surface area contributed by atoms with Gasteiger partial charge in [-0.1, -0.05) is 17.7 Å². The fraction of sp³-hybridized carbons (Fsp3) is 0.562. The summed E-state index contributed by atoms with van der Waals surface area (Å²) in [7, 11) is 0. The molecule has 1 saturated heterocycles. The summed E-state index contributed by atoms with van der Waals surface area (Å²) < 4.78 is 5.74. The molecule has 1 aromatic carbocycles. The van der Waals surface area contributed by atoms with Crippen LogP contribution in [0.1, 0.15) is 19.4 Å². The average molecular weight is 292 g/mol. The smallest absolute Gasteiger partial charge is 0.238 e. The van der Waals surface area contributed by atoms with Crippen molar-refractivity contribution in [2.24, 2.45) is 0 Å². The molecule has 0 radical (unpaired) electrons. The predicted molar refractivity (Wildman–Crippen MR) is 82.3 cm³/mol. The lowest BCUT2D eigenvalue weighted by atomic mass is 10.1. The number of aliphatic hydroxyl groups is 1. The Morgan fingerprint density at radius 1 is 1.43 bits per heavy atom. The number of hydrogen-bond acceptors (Lipinski definition) is 4. The Kier molecular flexibility index (Phi) is 4.98. The number of morpholine rings is 1. The zero-order valence-electron chi connectivity index (χ0n) is 12.9. The highest BCUT2D eigenvalue weighted by atomic mass is 16.5. The first-order valence-corrected chi connectivity index (χ1v) is 7.25. The van der Waals surface area contributed by atoms with Crippen LogP contribution in [0.5, 0.6) is 0 Å². The van der Waals surface area contributed by atoms with E-state index in [1.807, 2.05) is 49.9 Å². The fourth-order valence-corrected chi connectivity index (χ4v) is 2.67. The summed E-state index contributed by atoms with van der Waals surface area (Å²) in [5, 5.41) is 12.2. The standard InChI is InChI=1S/C16H24N2O3/c1-12-4-6-13(7-5-12)17-15(20)9-18-8-14(10-19)21-16(2,3)11-18/h4-7,14,19H,8-11H2,1-3H3,(H,17,20). The van der Waals surface area contributed by atoms with E-state index in [1.165, 1.54) is 0 Å². The van der Waals surface area contributed by atoms with E-state index in [0.717, 1.165) is 11.3 Å². The molecule has 5 nitrogen and oxygen atoms in total. The second-order valence-corrected chi connectivity index (χ2v) is 6.27. The van der Waals surface area contributed by atoms with E-state index in [9.17, 15) is 9.90 Å². The molecule has 0 saturated carbocycles. The van der Waals surface area contributed by atoms with Gasteiger partial charge in [0, 0.05) is 18.8 Å². The fourth-order valence-electron chi connectivity index (χ4n) is 2.67. The number of carbonyl (C=O) groups is 1. The Morgan fingerprint density at radius 3 is 2.71 bits per heavy atom. The third kappa shape index (κ3) is 4.81. The van der Waals surface area contributed by atoms with E-state index in [4.69, 9.17) is 4.74 Å². The van der Waals surface area contributed by atoms with E-state index < -0.39 is 0 Å². The molecule has 0 aliphatic carbocycles. The summed E-state index contributed by atoms with van der Waals surface area (Å²) in [4.78, 5) is 14.1. The number of rotatable bonds is 4. The van der Waals surface area contributed by atoms with Crippen molar-refractivity contribution in [2.45, 2.75) is 32.5 Å². The van der Waals surface area contributed by atoms with Gasteiger partial charge in [-0.05, 0) is 32.9 Å². The van der Waals surface area contributed by atoms with Crippen LogP contribution in [-0.4, -0.2) is 53.9 Å². The third-order valence-electron chi connectivity index (χ3n) is 3.46. The first-order chi connectivity index (χ1) is 9.88. The molecule has 1 atom stereocenters. The van der Waals surface area contributed by atoms with Crippen LogP contribution in [0.25, 0.3) is 0 Å². The molecule has 0 aromatic heterocycles. The van der Waals surface area contributed by atoms with Crippen molar-refractivity contribution in [1.82, 2.24) is 4.90 Å². The largest absolute Gasteiger partial charge is 0.394 e. The number of ether oxygens (including phenoxy) is 1. The highest BCUT2D eigenvalue weighted by Gasteiger charge is 2.33. The van der Waals surface area contributed by atoms with Crippen LogP contribution in [-0.2, 0) is 9.53 Å². The lowest BCUT2D eigenvalue weighted by Crippen LogP contribution is -2.55. The summed E-state index contributed by atoms with van der Waals surface area (Å²) in [5.41, 5.74) is 1.61. The van der Waals surface area contributed by atoms with Gasteiger partial charge in [0.25, 0.3) is 0 Å². The molecule has 0 bridgehead atoms. The molecular weight excluding hydrogens is 268 g/mol. The molecule has 21 heavy (non-hydrogen) atoms. The molecule has 1 heterocycles. The van der Waals surface area contributed by atoms with Gasteiger partial charge >= 0.3 is 0 Å². The van der Waals surface area contributed by atoms with Crippen molar-refractivity contribution in [1.29, 1.82) is 0 Å². The Hall–Kier alpha value is -1.43. The molecule has 5 heteroatoms. The van der Waals surface area contributed by atoms with Crippen molar-refractivity contribution < 1.29 is 14.6 Å². The van der Waals surface area contributed by atoms with Crippen LogP contribution >= 0.6 is 0 Å². The molecule has 2 N–H and O–H groups in total. The topological polar surface area (TPSA) is 61.8 Å². The maximum Gasteiger partial charge on any atom is 0.238 e. The van der Waals surface area contributed by atoms with Crippen LogP contribution in [0.4, 0.5) is 5.69 Å². The highest BCUT2D eigenvalue weighted by Crippen LogP contribution is 2.20. The van der Waals surface area contributed by atoms with Gasteiger partial charge in [0.1, 0.15) is 0 Å². The summed E-state index contributed by atoms with van der Waals surface area (Å²) in [5.74, 6) is -0.0479. The van der Waals surface area contributed by atoms with Gasteiger partial charge in [-0.3, -0.25) is 9.69 Å². The highest BCUT2D eigenvalue weighted by molar-refractivity contribution is 5.92. The molecule has 116 valence electrons. The minimum Gasteiger partial charge on any atom is -0.394 e. The van der Waals surface area contributed by atoms with Crippen LogP contribution < -0.4 is 5.32 Å². The summed E-state index contributed by atoms with van der Waals surface area (Å²) in [6.45, 7) is 7.47. The molecule has 1 aromatic rings. The van der Waals surface area contributed by atoms with Crippen molar-refractivity contribution in [3.8, 4) is 0 Å². The second kappa shape index (κ2) is 6.56. The molecular formula is C16H24N2O3. The van der Waals surface area contributed by atoms with E-state index in [0.29, 0.717) is 19.6 Å². The third-order valence-corrected chi connectivity index (χ3v) is 3.46. The minimum absolute atomic E-state index is 0.0283. The minimum atomic E-state index is -0.351. The lowest BCUT2D eigenvalue weighted by molar-refractivity contribution is -0.151. The van der Waals surface area contributed by atoms with E-state index >= 15 is 0 Å².